The van der Waals surface area contributed by atoms with Gasteiger partial charge in [0.1, 0.15) is 5.75 Å². The molecule has 1 atom stereocenters. The van der Waals surface area contributed by atoms with Crippen molar-refractivity contribution in [1.82, 2.24) is 0 Å². The highest BCUT2D eigenvalue weighted by molar-refractivity contribution is 7.58. The second kappa shape index (κ2) is 6.16. The fourth-order valence-electron chi connectivity index (χ4n) is 2.82. The van der Waals surface area contributed by atoms with Gasteiger partial charge in [0.2, 0.25) is 0 Å². The summed E-state index contributed by atoms with van der Waals surface area (Å²) in [7, 11) is -3.31. The van der Waals surface area contributed by atoms with Crippen LogP contribution >= 0.6 is 19.2 Å². The molecule has 2 aromatic carbocycles. The van der Waals surface area contributed by atoms with E-state index >= 15 is 0 Å². The smallest absolute Gasteiger partial charge is 0.404 e. The molecule has 0 aliphatic carbocycles. The summed E-state index contributed by atoms with van der Waals surface area (Å²) in [4.78, 5) is 0. The van der Waals surface area contributed by atoms with Crippen LogP contribution in [0, 0.1) is 13.8 Å². The van der Waals surface area contributed by atoms with E-state index in [4.69, 9.17) is 20.6 Å². The van der Waals surface area contributed by atoms with Crippen LogP contribution in [0.2, 0.25) is 5.02 Å². The van der Waals surface area contributed by atoms with Gasteiger partial charge in [0.15, 0.2) is 0 Å². The van der Waals surface area contributed by atoms with E-state index in [-0.39, 0.29) is 0 Å². The van der Waals surface area contributed by atoms with Crippen molar-refractivity contribution >= 4 is 24.8 Å². The summed E-state index contributed by atoms with van der Waals surface area (Å²) < 4.78 is 24.1. The molecular weight excluding hydrogens is 331 g/mol. The molecule has 3 nitrogen and oxygen atoms in total. The SMILES string of the molecule is CCOP1(=O)C=C(c2ccc(Cl)cc2)c2c(C)cc(C)cc2O1. The Hall–Kier alpha value is -1.54. The van der Waals surface area contributed by atoms with Gasteiger partial charge in [-0.3, -0.25) is 4.52 Å². The molecule has 0 aromatic heterocycles. The summed E-state index contributed by atoms with van der Waals surface area (Å²) in [5.74, 6) is 2.22. The third-order valence-corrected chi connectivity index (χ3v) is 5.59. The summed E-state index contributed by atoms with van der Waals surface area (Å²) in [6, 6.07) is 11.5. The first-order valence-corrected chi connectivity index (χ1v) is 9.45. The Morgan fingerprint density at radius 1 is 1.17 bits per heavy atom. The molecule has 5 heteroatoms. The van der Waals surface area contributed by atoms with E-state index in [1.807, 2.05) is 44.2 Å². The number of aryl methyl sites for hydroxylation is 2. The van der Waals surface area contributed by atoms with Crippen LogP contribution in [0.15, 0.2) is 42.2 Å². The molecule has 0 saturated heterocycles. The normalized spacial score (nSPS) is 19.7. The van der Waals surface area contributed by atoms with E-state index in [0.29, 0.717) is 17.4 Å². The molecule has 1 heterocycles. The average molecular weight is 349 g/mol. The number of benzene rings is 2. The zero-order valence-corrected chi connectivity index (χ0v) is 14.9. The van der Waals surface area contributed by atoms with Gasteiger partial charge in [-0.2, -0.15) is 0 Å². The molecule has 0 spiro atoms. The number of fused-ring (bicyclic) bond motifs is 1. The van der Waals surface area contributed by atoms with Crippen molar-refractivity contribution < 1.29 is 13.6 Å². The van der Waals surface area contributed by atoms with Crippen molar-refractivity contribution in [3.05, 3.63) is 69.5 Å². The van der Waals surface area contributed by atoms with Crippen molar-refractivity contribution in [2.45, 2.75) is 20.8 Å². The minimum atomic E-state index is -3.31. The molecule has 120 valence electrons. The zero-order valence-electron chi connectivity index (χ0n) is 13.3. The molecule has 0 bridgehead atoms. The second-order valence-electron chi connectivity index (χ2n) is 5.55. The molecule has 1 unspecified atom stereocenters. The summed E-state index contributed by atoms with van der Waals surface area (Å²) >= 11 is 5.98. The molecule has 0 radical (unpaired) electrons. The Kier molecular flexibility index (Phi) is 4.37. The maximum absolute atomic E-state index is 12.9. The number of hydrogen-bond acceptors (Lipinski definition) is 3. The summed E-state index contributed by atoms with van der Waals surface area (Å²) in [5, 5.41) is 0.662. The summed E-state index contributed by atoms with van der Waals surface area (Å²) in [6.07, 6.45) is 0. The van der Waals surface area contributed by atoms with Crippen LogP contribution in [0.5, 0.6) is 5.75 Å². The fraction of sp³-hybridized carbons (Fsp3) is 0.222. The minimum Gasteiger partial charge on any atom is -0.421 e. The molecule has 23 heavy (non-hydrogen) atoms. The maximum Gasteiger partial charge on any atom is 0.404 e. The van der Waals surface area contributed by atoms with E-state index in [0.717, 1.165) is 27.8 Å². The van der Waals surface area contributed by atoms with Gasteiger partial charge in [0.05, 0.1) is 6.61 Å². The lowest BCUT2D eigenvalue weighted by Gasteiger charge is -2.26. The molecule has 0 fully saturated rings. The fourth-order valence-corrected chi connectivity index (χ4v) is 4.50. The first-order valence-electron chi connectivity index (χ1n) is 7.46. The largest absolute Gasteiger partial charge is 0.421 e. The van der Waals surface area contributed by atoms with Gasteiger partial charge < -0.3 is 4.52 Å². The maximum atomic E-state index is 12.9. The molecule has 1 aliphatic rings. The number of hydrogen-bond donors (Lipinski definition) is 0. The molecule has 1 aliphatic heterocycles. The van der Waals surface area contributed by atoms with Gasteiger partial charge in [-0.15, -0.1) is 0 Å². The van der Waals surface area contributed by atoms with E-state index in [9.17, 15) is 4.57 Å². The second-order valence-corrected chi connectivity index (χ2v) is 7.77. The Morgan fingerprint density at radius 2 is 1.87 bits per heavy atom. The van der Waals surface area contributed by atoms with Gasteiger partial charge in [0, 0.05) is 22.0 Å². The summed E-state index contributed by atoms with van der Waals surface area (Å²) in [5.41, 5.74) is 4.87. The zero-order chi connectivity index (χ0) is 16.6. The van der Waals surface area contributed by atoms with Gasteiger partial charge in [-0.25, -0.2) is 4.57 Å². The molecule has 0 saturated carbocycles. The standard InChI is InChI=1S/C18H18ClO3P/c1-4-21-23(20)11-16(14-5-7-15(19)8-6-14)18-13(3)9-12(2)10-17(18)22-23/h5-11H,4H2,1-3H3. The highest BCUT2D eigenvalue weighted by Crippen LogP contribution is 2.58. The predicted octanol–water partition coefficient (Wildman–Crippen LogP) is 5.97. The Morgan fingerprint density at radius 3 is 2.52 bits per heavy atom. The van der Waals surface area contributed by atoms with Crippen molar-refractivity contribution in [3.63, 3.8) is 0 Å². The van der Waals surface area contributed by atoms with Crippen LogP contribution < -0.4 is 4.52 Å². The van der Waals surface area contributed by atoms with E-state index < -0.39 is 7.60 Å². The number of halogens is 1. The van der Waals surface area contributed by atoms with Gasteiger partial charge in [-0.05, 0) is 55.7 Å². The lowest BCUT2D eigenvalue weighted by Crippen LogP contribution is -2.07. The molecular formula is C18H18ClO3P. The van der Waals surface area contributed by atoms with Gasteiger partial charge in [0.25, 0.3) is 0 Å². The topological polar surface area (TPSA) is 35.5 Å². The predicted molar refractivity (Wildman–Crippen MR) is 94.3 cm³/mol. The van der Waals surface area contributed by atoms with Crippen molar-refractivity contribution in [2.24, 2.45) is 0 Å². The monoisotopic (exact) mass is 348 g/mol. The van der Waals surface area contributed by atoms with Crippen LogP contribution in [0.1, 0.15) is 29.2 Å². The van der Waals surface area contributed by atoms with Crippen LogP contribution in [0.4, 0.5) is 0 Å². The van der Waals surface area contributed by atoms with Crippen molar-refractivity contribution in [3.8, 4) is 5.75 Å². The highest BCUT2D eigenvalue weighted by atomic mass is 35.5. The molecule has 2 aromatic rings. The third-order valence-electron chi connectivity index (χ3n) is 3.69. The van der Waals surface area contributed by atoms with Crippen LogP contribution in [0.3, 0.4) is 0 Å². The van der Waals surface area contributed by atoms with Crippen molar-refractivity contribution in [1.29, 1.82) is 0 Å². The van der Waals surface area contributed by atoms with Crippen LogP contribution in [-0.4, -0.2) is 6.61 Å². The van der Waals surface area contributed by atoms with Crippen LogP contribution in [0.25, 0.3) is 5.57 Å². The Bertz CT molecular complexity index is 825. The lowest BCUT2D eigenvalue weighted by molar-refractivity contribution is 0.287. The third kappa shape index (κ3) is 3.23. The van der Waals surface area contributed by atoms with Gasteiger partial charge >= 0.3 is 7.60 Å². The van der Waals surface area contributed by atoms with E-state index in [1.165, 1.54) is 0 Å². The van der Waals surface area contributed by atoms with E-state index in [1.54, 1.807) is 12.7 Å². The number of rotatable bonds is 3. The molecule has 0 N–H and O–H groups in total. The average Bonchev–Trinajstić information content (AvgIpc) is 2.46. The Balaban J connectivity index is 2.23. The highest BCUT2D eigenvalue weighted by Gasteiger charge is 2.32. The first-order chi connectivity index (χ1) is 10.9. The van der Waals surface area contributed by atoms with E-state index in [2.05, 4.69) is 6.07 Å². The van der Waals surface area contributed by atoms with Crippen molar-refractivity contribution in [2.75, 3.05) is 6.61 Å². The lowest BCUT2D eigenvalue weighted by atomic mass is 9.93. The quantitative estimate of drug-likeness (QED) is 0.641. The van der Waals surface area contributed by atoms with Crippen LogP contribution in [-0.2, 0) is 9.09 Å². The Labute approximate surface area is 141 Å². The molecule has 3 rings (SSSR count). The first kappa shape index (κ1) is 16.3. The minimum absolute atomic E-state index is 0.321. The molecule has 0 amide bonds. The summed E-state index contributed by atoms with van der Waals surface area (Å²) in [6.45, 7) is 6.13. The van der Waals surface area contributed by atoms with Gasteiger partial charge in [-0.1, -0.05) is 29.8 Å².